The lowest BCUT2D eigenvalue weighted by molar-refractivity contribution is 0.0990. The predicted octanol–water partition coefficient (Wildman–Crippen LogP) is 5.28. The van der Waals surface area contributed by atoms with E-state index in [1.54, 1.807) is 61.6 Å². The molecule has 0 aliphatic carbocycles. The Morgan fingerprint density at radius 2 is 1.82 bits per heavy atom. The second-order valence-corrected chi connectivity index (χ2v) is 6.92. The highest BCUT2D eigenvalue weighted by atomic mass is 35.5. The number of rotatable bonds is 2. The van der Waals surface area contributed by atoms with Crippen LogP contribution in [0.25, 0.3) is 0 Å². The number of hydrogen-bond acceptors (Lipinski definition) is 3. The molecule has 1 aliphatic rings. The first-order valence-electron chi connectivity index (χ1n) is 8.71. The molecule has 1 N–H and O–H groups in total. The summed E-state index contributed by atoms with van der Waals surface area (Å²) in [5, 5.41) is 3.45. The third kappa shape index (κ3) is 3.10. The maximum absolute atomic E-state index is 12.8. The molecule has 2 amide bonds. The first kappa shape index (κ1) is 18.1. The quantitative estimate of drug-likeness (QED) is 0.645. The van der Waals surface area contributed by atoms with E-state index in [4.69, 9.17) is 16.3 Å². The summed E-state index contributed by atoms with van der Waals surface area (Å²) in [4.78, 5) is 27.0. The summed E-state index contributed by atoms with van der Waals surface area (Å²) in [6, 6.07) is 17.4. The molecule has 5 nitrogen and oxygen atoms in total. The standard InChI is InChI=1S/C22H17ClN2O3/c1-13-16(23)7-5-8-17(13)24-21(26)14-10-11-20-18(12-14)25(2)22(27)15-6-3-4-9-19(15)28-20/h3-12H,1-2H3,(H,24,26). The van der Waals surface area contributed by atoms with Crippen LogP contribution in [0.15, 0.2) is 60.7 Å². The van der Waals surface area contributed by atoms with Gasteiger partial charge in [-0.25, -0.2) is 0 Å². The largest absolute Gasteiger partial charge is 0.454 e. The number of anilines is 2. The highest BCUT2D eigenvalue weighted by Crippen LogP contribution is 2.38. The average Bonchev–Trinajstić information content (AvgIpc) is 2.80. The first-order valence-corrected chi connectivity index (χ1v) is 9.09. The zero-order chi connectivity index (χ0) is 19.8. The van der Waals surface area contributed by atoms with Crippen LogP contribution in [0.2, 0.25) is 5.02 Å². The number of carbonyl (C=O) groups excluding carboxylic acids is 2. The smallest absolute Gasteiger partial charge is 0.261 e. The second-order valence-electron chi connectivity index (χ2n) is 6.51. The van der Waals surface area contributed by atoms with Crippen molar-refractivity contribution < 1.29 is 14.3 Å². The second kappa shape index (κ2) is 7.02. The number of nitrogens with zero attached hydrogens (tertiary/aromatic N) is 1. The van der Waals surface area contributed by atoms with E-state index in [9.17, 15) is 9.59 Å². The summed E-state index contributed by atoms with van der Waals surface area (Å²) in [6.45, 7) is 1.84. The minimum absolute atomic E-state index is 0.197. The van der Waals surface area contributed by atoms with Gasteiger partial charge in [-0.3, -0.25) is 9.59 Å². The molecular formula is C22H17ClN2O3. The van der Waals surface area contributed by atoms with Gasteiger partial charge in [-0.1, -0.05) is 29.8 Å². The molecule has 4 rings (SSSR count). The molecule has 0 unspecified atom stereocenters. The van der Waals surface area contributed by atoms with Gasteiger partial charge >= 0.3 is 0 Å². The zero-order valence-electron chi connectivity index (χ0n) is 15.3. The Hall–Kier alpha value is -3.31. The lowest BCUT2D eigenvalue weighted by Gasteiger charge is -2.17. The van der Waals surface area contributed by atoms with Gasteiger partial charge in [-0.05, 0) is 55.0 Å². The molecule has 0 fully saturated rings. The topological polar surface area (TPSA) is 58.6 Å². The number of para-hydroxylation sites is 1. The molecule has 0 atom stereocenters. The zero-order valence-corrected chi connectivity index (χ0v) is 16.1. The average molecular weight is 393 g/mol. The van der Waals surface area contributed by atoms with Crippen LogP contribution < -0.4 is 15.0 Å². The molecular weight excluding hydrogens is 376 g/mol. The summed E-state index contributed by atoms with van der Waals surface area (Å²) in [7, 11) is 1.66. The third-order valence-corrected chi connectivity index (χ3v) is 5.15. The molecule has 0 saturated carbocycles. The van der Waals surface area contributed by atoms with Gasteiger partial charge in [0.2, 0.25) is 0 Å². The number of ether oxygens (including phenoxy) is 1. The fourth-order valence-corrected chi connectivity index (χ4v) is 3.26. The van der Waals surface area contributed by atoms with Crippen molar-refractivity contribution in [3.8, 4) is 11.5 Å². The fraction of sp³-hybridized carbons (Fsp3) is 0.0909. The Balaban J connectivity index is 1.68. The number of nitrogens with one attached hydrogen (secondary N) is 1. The number of hydrogen-bond donors (Lipinski definition) is 1. The van der Waals surface area contributed by atoms with Gasteiger partial charge in [0.15, 0.2) is 5.75 Å². The van der Waals surface area contributed by atoms with Crippen molar-refractivity contribution >= 4 is 34.8 Å². The molecule has 0 saturated heterocycles. The maximum Gasteiger partial charge on any atom is 0.261 e. The molecule has 3 aromatic rings. The highest BCUT2D eigenvalue weighted by molar-refractivity contribution is 6.31. The molecule has 0 radical (unpaired) electrons. The van der Waals surface area contributed by atoms with Crippen LogP contribution >= 0.6 is 11.6 Å². The van der Waals surface area contributed by atoms with E-state index in [1.165, 1.54) is 4.90 Å². The Bertz CT molecular complexity index is 1110. The van der Waals surface area contributed by atoms with Crippen LogP contribution in [0.5, 0.6) is 11.5 Å². The summed E-state index contributed by atoms with van der Waals surface area (Å²) in [6.07, 6.45) is 0. The molecule has 0 aromatic heterocycles. The van der Waals surface area contributed by atoms with Crippen molar-refractivity contribution in [1.29, 1.82) is 0 Å². The molecule has 28 heavy (non-hydrogen) atoms. The van der Waals surface area contributed by atoms with Gasteiger partial charge in [0, 0.05) is 23.3 Å². The number of halogens is 1. The Morgan fingerprint density at radius 3 is 2.64 bits per heavy atom. The van der Waals surface area contributed by atoms with Crippen LogP contribution in [-0.4, -0.2) is 18.9 Å². The van der Waals surface area contributed by atoms with Crippen LogP contribution in [0, 0.1) is 6.92 Å². The number of fused-ring (bicyclic) bond motifs is 2. The van der Waals surface area contributed by atoms with Crippen LogP contribution in [0.4, 0.5) is 11.4 Å². The van der Waals surface area contributed by atoms with E-state index in [0.717, 1.165) is 5.56 Å². The normalized spacial score (nSPS) is 12.5. The Morgan fingerprint density at radius 1 is 1.04 bits per heavy atom. The molecule has 1 heterocycles. The number of benzene rings is 3. The van der Waals surface area contributed by atoms with Gasteiger partial charge in [-0.2, -0.15) is 0 Å². The fourth-order valence-electron chi connectivity index (χ4n) is 3.09. The summed E-state index contributed by atoms with van der Waals surface area (Å²) >= 11 is 6.12. The molecule has 0 spiro atoms. The van der Waals surface area contributed by atoms with E-state index in [1.807, 2.05) is 13.0 Å². The van der Waals surface area contributed by atoms with E-state index in [0.29, 0.717) is 39.0 Å². The number of amides is 2. The third-order valence-electron chi connectivity index (χ3n) is 4.74. The molecule has 3 aromatic carbocycles. The van der Waals surface area contributed by atoms with E-state index < -0.39 is 0 Å². The molecule has 0 bridgehead atoms. The number of carbonyl (C=O) groups is 2. The minimum atomic E-state index is -0.296. The lowest BCUT2D eigenvalue weighted by atomic mass is 10.1. The Kier molecular flexibility index (Phi) is 4.53. The van der Waals surface area contributed by atoms with Crippen LogP contribution in [-0.2, 0) is 0 Å². The monoisotopic (exact) mass is 392 g/mol. The van der Waals surface area contributed by atoms with Crippen molar-refractivity contribution in [3.05, 3.63) is 82.4 Å². The Labute approximate surface area is 167 Å². The maximum atomic E-state index is 12.8. The van der Waals surface area contributed by atoms with Crippen LogP contribution in [0.3, 0.4) is 0 Å². The van der Waals surface area contributed by atoms with Crippen molar-refractivity contribution in [1.82, 2.24) is 0 Å². The van der Waals surface area contributed by atoms with Crippen molar-refractivity contribution in [3.63, 3.8) is 0 Å². The first-order chi connectivity index (χ1) is 13.5. The summed E-state index contributed by atoms with van der Waals surface area (Å²) in [5.74, 6) is 0.509. The van der Waals surface area contributed by atoms with Gasteiger partial charge in [0.25, 0.3) is 11.8 Å². The summed E-state index contributed by atoms with van der Waals surface area (Å²) in [5.41, 5.74) is 2.84. The molecule has 6 heteroatoms. The van der Waals surface area contributed by atoms with E-state index in [-0.39, 0.29) is 11.8 Å². The molecule has 140 valence electrons. The molecule has 1 aliphatic heterocycles. The SMILES string of the molecule is Cc1c(Cl)cccc1NC(=O)c1ccc2c(c1)N(C)C(=O)c1ccccc1O2. The summed E-state index contributed by atoms with van der Waals surface area (Å²) < 4.78 is 5.92. The van der Waals surface area contributed by atoms with E-state index in [2.05, 4.69) is 5.32 Å². The van der Waals surface area contributed by atoms with Gasteiger partial charge in [-0.15, -0.1) is 0 Å². The van der Waals surface area contributed by atoms with E-state index >= 15 is 0 Å². The van der Waals surface area contributed by atoms with Gasteiger partial charge in [0.05, 0.1) is 11.3 Å². The van der Waals surface area contributed by atoms with Crippen molar-refractivity contribution in [2.75, 3.05) is 17.3 Å². The predicted molar refractivity (Wildman–Crippen MR) is 110 cm³/mol. The van der Waals surface area contributed by atoms with Gasteiger partial charge in [0.1, 0.15) is 5.75 Å². The van der Waals surface area contributed by atoms with Gasteiger partial charge < -0.3 is 15.0 Å². The van der Waals surface area contributed by atoms with Crippen molar-refractivity contribution in [2.45, 2.75) is 6.92 Å². The van der Waals surface area contributed by atoms with Crippen LogP contribution in [0.1, 0.15) is 26.3 Å². The highest BCUT2D eigenvalue weighted by Gasteiger charge is 2.26. The lowest BCUT2D eigenvalue weighted by Crippen LogP contribution is -2.25. The van der Waals surface area contributed by atoms with Crippen molar-refractivity contribution in [2.24, 2.45) is 0 Å². The minimum Gasteiger partial charge on any atom is -0.454 e.